The fourth-order valence-corrected chi connectivity index (χ4v) is 1.48. The van der Waals surface area contributed by atoms with E-state index < -0.39 is 16.9 Å². The fraction of sp³-hybridized carbons (Fsp3) is 0.364. The van der Waals surface area contributed by atoms with E-state index in [1.54, 1.807) is 19.9 Å². The second-order valence-electron chi connectivity index (χ2n) is 4.23. The van der Waals surface area contributed by atoms with Crippen LogP contribution in [0.25, 0.3) is 0 Å². The first kappa shape index (κ1) is 14.4. The molecule has 0 spiro atoms. The van der Waals surface area contributed by atoms with Crippen LogP contribution in [0.3, 0.4) is 0 Å². The lowest BCUT2D eigenvalue weighted by Gasteiger charge is -2.19. The van der Waals surface area contributed by atoms with Crippen LogP contribution >= 0.6 is 0 Å². The van der Waals surface area contributed by atoms with Crippen molar-refractivity contribution in [1.29, 1.82) is 5.26 Å². The number of hydrogen-bond acceptors (Lipinski definition) is 6. The van der Waals surface area contributed by atoms with Crippen molar-refractivity contribution in [1.82, 2.24) is 4.98 Å². The molecule has 8 heteroatoms. The maximum Gasteiger partial charge on any atom is 0.312 e. The molecule has 0 aliphatic rings. The number of primary amides is 1. The lowest BCUT2D eigenvalue weighted by molar-refractivity contribution is -0.384. The van der Waals surface area contributed by atoms with Crippen molar-refractivity contribution in [2.45, 2.75) is 19.9 Å². The lowest BCUT2D eigenvalue weighted by Crippen LogP contribution is -2.39. The van der Waals surface area contributed by atoms with E-state index in [0.717, 1.165) is 6.07 Å². The average molecular weight is 263 g/mol. The number of nitrogens with two attached hydrogens (primary N) is 1. The molecule has 0 aliphatic heterocycles. The van der Waals surface area contributed by atoms with Gasteiger partial charge in [-0.15, -0.1) is 0 Å². The van der Waals surface area contributed by atoms with E-state index in [1.807, 2.05) is 0 Å². The Kier molecular flexibility index (Phi) is 4.36. The Hall–Kier alpha value is -2.69. The van der Waals surface area contributed by atoms with Gasteiger partial charge in [-0.3, -0.25) is 14.9 Å². The summed E-state index contributed by atoms with van der Waals surface area (Å²) in [6.07, 6.45) is 1.19. The SMILES string of the molecule is CC(C)C(Nc1ncc(C#N)cc1[N+](=O)[O-])C(N)=O. The third-order valence-electron chi connectivity index (χ3n) is 2.46. The van der Waals surface area contributed by atoms with E-state index >= 15 is 0 Å². The number of carbonyl (C=O) groups excluding carboxylic acids is 1. The number of carbonyl (C=O) groups is 1. The summed E-state index contributed by atoms with van der Waals surface area (Å²) >= 11 is 0. The minimum atomic E-state index is -0.779. The van der Waals surface area contributed by atoms with Crippen LogP contribution < -0.4 is 11.1 Å². The first-order valence-electron chi connectivity index (χ1n) is 5.47. The molecule has 1 aromatic heterocycles. The molecule has 1 aromatic rings. The van der Waals surface area contributed by atoms with Crippen molar-refractivity contribution < 1.29 is 9.72 Å². The number of nitrogens with zero attached hydrogens (tertiary/aromatic N) is 3. The number of amides is 1. The standard InChI is InChI=1S/C11H13N5O3/c1-6(2)9(10(13)17)15-11-8(16(18)19)3-7(4-12)5-14-11/h3,5-6,9H,1-2H3,(H2,13,17)(H,14,15). The van der Waals surface area contributed by atoms with Gasteiger partial charge in [0.15, 0.2) is 0 Å². The Morgan fingerprint density at radius 1 is 1.63 bits per heavy atom. The van der Waals surface area contributed by atoms with Crippen LogP contribution in [-0.2, 0) is 4.79 Å². The van der Waals surface area contributed by atoms with E-state index in [1.165, 1.54) is 6.20 Å². The third-order valence-corrected chi connectivity index (χ3v) is 2.46. The number of pyridine rings is 1. The highest BCUT2D eigenvalue weighted by Gasteiger charge is 2.24. The first-order valence-corrected chi connectivity index (χ1v) is 5.47. The van der Waals surface area contributed by atoms with Gasteiger partial charge >= 0.3 is 5.69 Å². The monoisotopic (exact) mass is 263 g/mol. The van der Waals surface area contributed by atoms with Crippen LogP contribution in [0, 0.1) is 27.4 Å². The van der Waals surface area contributed by atoms with Crippen LogP contribution in [0.1, 0.15) is 19.4 Å². The lowest BCUT2D eigenvalue weighted by atomic mass is 10.0. The van der Waals surface area contributed by atoms with Crippen molar-refractivity contribution in [2.75, 3.05) is 5.32 Å². The second-order valence-corrected chi connectivity index (χ2v) is 4.23. The molecule has 1 amide bonds. The Bertz CT molecular complexity index is 550. The summed E-state index contributed by atoms with van der Waals surface area (Å²) in [5.74, 6) is -0.869. The van der Waals surface area contributed by atoms with Gasteiger partial charge in [-0.25, -0.2) is 4.98 Å². The maximum absolute atomic E-state index is 11.3. The van der Waals surface area contributed by atoms with Gasteiger partial charge in [0.05, 0.1) is 10.5 Å². The topological polar surface area (TPSA) is 135 Å². The molecule has 8 nitrogen and oxygen atoms in total. The Morgan fingerprint density at radius 2 is 2.26 bits per heavy atom. The van der Waals surface area contributed by atoms with Gasteiger partial charge in [-0.05, 0) is 5.92 Å². The summed E-state index contributed by atoms with van der Waals surface area (Å²) in [5.41, 5.74) is 4.91. The molecule has 100 valence electrons. The predicted octanol–water partition coefficient (Wildman–Crippen LogP) is 0.783. The van der Waals surface area contributed by atoms with Gasteiger partial charge in [0.25, 0.3) is 0 Å². The molecule has 0 fully saturated rings. The largest absolute Gasteiger partial charge is 0.368 e. The molecule has 0 radical (unpaired) electrons. The maximum atomic E-state index is 11.3. The van der Waals surface area contributed by atoms with Crippen LogP contribution in [0.5, 0.6) is 0 Å². The molecule has 1 heterocycles. The molecule has 0 saturated carbocycles. The summed E-state index contributed by atoms with van der Waals surface area (Å²) < 4.78 is 0. The normalized spacial score (nSPS) is 11.7. The van der Waals surface area contributed by atoms with Crippen molar-refractivity contribution in [3.05, 3.63) is 27.9 Å². The van der Waals surface area contributed by atoms with Gasteiger partial charge in [0.1, 0.15) is 12.1 Å². The summed E-state index contributed by atoms with van der Waals surface area (Å²) in [6, 6.07) is 2.07. The van der Waals surface area contributed by atoms with Crippen molar-refractivity contribution in [3.8, 4) is 6.07 Å². The smallest absolute Gasteiger partial charge is 0.312 e. The molecule has 0 aromatic carbocycles. The summed E-state index contributed by atoms with van der Waals surface area (Å²) in [7, 11) is 0. The molecule has 1 atom stereocenters. The summed E-state index contributed by atoms with van der Waals surface area (Å²) in [5, 5.41) is 22.2. The number of hydrogen-bond donors (Lipinski definition) is 2. The Labute approximate surface area is 109 Å². The molecular weight excluding hydrogens is 250 g/mol. The highest BCUT2D eigenvalue weighted by Crippen LogP contribution is 2.24. The van der Waals surface area contributed by atoms with Gasteiger partial charge < -0.3 is 11.1 Å². The van der Waals surface area contributed by atoms with Crippen molar-refractivity contribution in [3.63, 3.8) is 0 Å². The number of nitro groups is 1. The molecule has 1 unspecified atom stereocenters. The zero-order valence-electron chi connectivity index (χ0n) is 10.5. The third kappa shape index (κ3) is 3.38. The van der Waals surface area contributed by atoms with Gasteiger partial charge in [-0.1, -0.05) is 13.8 Å². The van der Waals surface area contributed by atoms with Crippen LogP contribution in [-0.4, -0.2) is 21.9 Å². The van der Waals surface area contributed by atoms with Crippen LogP contribution in [0.2, 0.25) is 0 Å². The number of anilines is 1. The zero-order valence-corrected chi connectivity index (χ0v) is 10.5. The number of aromatic nitrogens is 1. The van der Waals surface area contributed by atoms with Gasteiger partial charge in [0.2, 0.25) is 11.7 Å². The van der Waals surface area contributed by atoms with Gasteiger partial charge in [-0.2, -0.15) is 5.26 Å². The minimum absolute atomic E-state index is 0.0671. The predicted molar refractivity (Wildman–Crippen MR) is 67.0 cm³/mol. The molecule has 0 saturated heterocycles. The quantitative estimate of drug-likeness (QED) is 0.595. The van der Waals surface area contributed by atoms with E-state index in [0.29, 0.717) is 0 Å². The summed E-state index contributed by atoms with van der Waals surface area (Å²) in [6.45, 7) is 3.50. The molecule has 3 N–H and O–H groups in total. The molecular formula is C11H13N5O3. The van der Waals surface area contributed by atoms with Crippen molar-refractivity contribution >= 4 is 17.4 Å². The van der Waals surface area contributed by atoms with Crippen molar-refractivity contribution in [2.24, 2.45) is 11.7 Å². The molecule has 0 bridgehead atoms. The van der Waals surface area contributed by atoms with E-state index in [2.05, 4.69) is 10.3 Å². The molecule has 0 aliphatic carbocycles. The van der Waals surface area contributed by atoms with Gasteiger partial charge in [0, 0.05) is 12.3 Å². The minimum Gasteiger partial charge on any atom is -0.368 e. The second kappa shape index (κ2) is 5.77. The molecule has 19 heavy (non-hydrogen) atoms. The number of rotatable bonds is 5. The Balaban J connectivity index is 3.17. The zero-order chi connectivity index (χ0) is 14.6. The molecule has 1 rings (SSSR count). The summed E-state index contributed by atoms with van der Waals surface area (Å²) in [4.78, 5) is 25.3. The highest BCUT2D eigenvalue weighted by atomic mass is 16.6. The van der Waals surface area contributed by atoms with Crippen LogP contribution in [0.4, 0.5) is 11.5 Å². The Morgan fingerprint density at radius 3 is 2.68 bits per heavy atom. The number of nitrogens with one attached hydrogen (secondary N) is 1. The van der Waals surface area contributed by atoms with E-state index in [9.17, 15) is 14.9 Å². The van der Waals surface area contributed by atoms with E-state index in [-0.39, 0.29) is 23.0 Å². The van der Waals surface area contributed by atoms with E-state index in [4.69, 9.17) is 11.0 Å². The van der Waals surface area contributed by atoms with Crippen LogP contribution in [0.15, 0.2) is 12.3 Å². The first-order chi connectivity index (χ1) is 8.86. The highest BCUT2D eigenvalue weighted by molar-refractivity contribution is 5.83. The average Bonchev–Trinajstić information content (AvgIpc) is 2.34. The fourth-order valence-electron chi connectivity index (χ4n) is 1.48. The number of nitriles is 1.